The number of esters is 3. The van der Waals surface area contributed by atoms with E-state index in [2.05, 4.69) is 5.32 Å². The number of halogens is 6. The van der Waals surface area contributed by atoms with E-state index in [0.717, 1.165) is 6.92 Å². The molecule has 19 nitrogen and oxygen atoms in total. The zero-order chi connectivity index (χ0) is 55.1. The topological polar surface area (TPSA) is 255 Å². The fourth-order valence-corrected chi connectivity index (χ4v) is 10.7. The van der Waals surface area contributed by atoms with Gasteiger partial charge >= 0.3 is 36.3 Å². The number of aliphatic hydroxyl groups is 2. The van der Waals surface area contributed by atoms with Gasteiger partial charge < -0.3 is 58.2 Å². The third kappa shape index (κ3) is 12.4. The second kappa shape index (κ2) is 22.0. The number of aliphatic hydroxyl groups excluding tert-OH is 1. The summed E-state index contributed by atoms with van der Waals surface area (Å²) in [6.07, 6.45) is -16.6. The maximum atomic E-state index is 16.3. The molecule has 1 amide bonds. The number of alkyl carbamates (subject to hydrolysis) is 1. The molecule has 3 aliphatic carbocycles. The second-order valence-corrected chi connectivity index (χ2v) is 25.1. The van der Waals surface area contributed by atoms with Crippen molar-refractivity contribution in [2.24, 2.45) is 16.7 Å². The Morgan fingerprint density at radius 2 is 1.38 bits per heavy atom. The Morgan fingerprint density at radius 1 is 0.824 bits per heavy atom. The van der Waals surface area contributed by atoms with Gasteiger partial charge in [-0.05, 0) is 63.5 Å². The molecule has 3 N–H and O–H groups in total. The fourth-order valence-electron chi connectivity index (χ4n) is 10.3. The highest BCUT2D eigenvalue weighted by molar-refractivity contribution is 6.68. The van der Waals surface area contributed by atoms with Crippen molar-refractivity contribution in [1.29, 1.82) is 0 Å². The van der Waals surface area contributed by atoms with Crippen LogP contribution < -0.4 is 5.32 Å². The molecule has 2 aromatic carbocycles. The Hall–Kier alpha value is -4.31. The molecule has 406 valence electrons. The Bertz CT molecular complexity index is 2510. The number of fused-ring (bicyclic) bond motifs is 5. The van der Waals surface area contributed by atoms with E-state index in [1.807, 2.05) is 0 Å². The second-order valence-electron chi connectivity index (χ2n) is 20.1. The Kier molecular flexibility index (Phi) is 17.5. The average molecular weight is 1160 g/mol. The number of hydrogen-bond donors (Lipinski definition) is 3. The lowest BCUT2D eigenvalue weighted by Crippen LogP contribution is -2.82. The zero-order valence-electron chi connectivity index (χ0n) is 41.1. The third-order valence-corrected chi connectivity index (χ3v) is 14.3. The van der Waals surface area contributed by atoms with E-state index in [1.54, 1.807) is 45.0 Å². The summed E-state index contributed by atoms with van der Waals surface area (Å²) in [6, 6.07) is 13.8. The smallest absolute Gasteiger partial charge is 0.456 e. The summed E-state index contributed by atoms with van der Waals surface area (Å²) in [5, 5.41) is 28.4. The molecule has 4 unspecified atom stereocenters. The monoisotopic (exact) mass is 1160 g/mol. The maximum Gasteiger partial charge on any atom is 0.509 e. The van der Waals surface area contributed by atoms with Gasteiger partial charge in [0.25, 0.3) is 0 Å². The zero-order valence-corrected chi connectivity index (χ0v) is 45.7. The van der Waals surface area contributed by atoms with Crippen molar-refractivity contribution in [3.05, 3.63) is 82.9 Å². The number of Topliss-reactive ketones (excluding diaryl/α,β-unsaturated/α-hetero) is 1. The standard InChI is InChI=1S/C49H55Cl6NO18/c1-24-28(69-39(61)33(58)32(26-15-11-9-12-16-26)56-40(62)74-43(3,4)5)20-47(65)37(72-38(60)27-17-13-10-14-18-27)35-45(8,36(59)34(31(24)44(47,6)7)71-42(64)68-23-49(53,54)55)29(70-41(63)67-22-48(50,51)52)19-30-46(35,21-66-30)73-25(2)57/h9-18,28-30,32-35,37,58,65H,19-23H2,1-8H3,(H,56,62)/t28?,29-,30?,32-,33?,34+,35?,37-,45+,46-,47+/m0/s1. The largest absolute Gasteiger partial charge is 0.509 e. The van der Waals surface area contributed by atoms with Crippen LogP contribution >= 0.6 is 69.6 Å². The molecule has 2 bridgehead atoms. The van der Waals surface area contributed by atoms with Crippen LogP contribution in [0.5, 0.6) is 0 Å². The molecule has 1 saturated heterocycles. The van der Waals surface area contributed by atoms with Gasteiger partial charge in [-0.2, -0.15) is 0 Å². The Labute approximate surface area is 455 Å². The van der Waals surface area contributed by atoms with Gasteiger partial charge in [0.1, 0.15) is 48.8 Å². The molecule has 4 aliphatic rings. The summed E-state index contributed by atoms with van der Waals surface area (Å²) in [4.78, 5) is 99.4. The van der Waals surface area contributed by atoms with Gasteiger partial charge in [0.05, 0.1) is 29.5 Å². The molecule has 3 fully saturated rings. The number of alkyl halides is 6. The van der Waals surface area contributed by atoms with Gasteiger partial charge in [-0.1, -0.05) is 132 Å². The van der Waals surface area contributed by atoms with Crippen molar-refractivity contribution < 1.29 is 86.4 Å². The number of rotatable bonds is 12. The first-order chi connectivity index (χ1) is 34.1. The Morgan fingerprint density at radius 3 is 1.89 bits per heavy atom. The summed E-state index contributed by atoms with van der Waals surface area (Å²) in [5.41, 5.74) is -10.2. The number of ether oxygens (including phenoxy) is 9. The number of benzene rings is 2. The third-order valence-electron chi connectivity index (χ3n) is 13.7. The van der Waals surface area contributed by atoms with E-state index in [9.17, 15) is 39.0 Å². The predicted octanol–water partition coefficient (Wildman–Crippen LogP) is 8.32. The first-order valence-corrected chi connectivity index (χ1v) is 25.2. The molecule has 6 rings (SSSR count). The molecule has 74 heavy (non-hydrogen) atoms. The summed E-state index contributed by atoms with van der Waals surface area (Å²) < 4.78 is 47.9. The van der Waals surface area contributed by atoms with E-state index in [1.165, 1.54) is 64.1 Å². The van der Waals surface area contributed by atoms with Crippen molar-refractivity contribution in [3.63, 3.8) is 0 Å². The molecule has 11 atom stereocenters. The maximum absolute atomic E-state index is 16.3. The van der Waals surface area contributed by atoms with Crippen LogP contribution in [0.25, 0.3) is 0 Å². The minimum Gasteiger partial charge on any atom is -0.456 e. The molecule has 2 saturated carbocycles. The summed E-state index contributed by atoms with van der Waals surface area (Å²) in [5.74, 6) is -6.38. The summed E-state index contributed by atoms with van der Waals surface area (Å²) in [7, 11) is 0. The first kappa shape index (κ1) is 58.9. The van der Waals surface area contributed by atoms with Crippen LogP contribution in [-0.4, -0.2) is 133 Å². The number of carbonyl (C=O) groups is 7. The highest BCUT2D eigenvalue weighted by Gasteiger charge is 2.79. The van der Waals surface area contributed by atoms with Crippen LogP contribution in [0.15, 0.2) is 71.8 Å². The van der Waals surface area contributed by atoms with E-state index < -0.39 is 159 Å². The van der Waals surface area contributed by atoms with Crippen LogP contribution in [0.4, 0.5) is 14.4 Å². The van der Waals surface area contributed by atoms with E-state index in [0.29, 0.717) is 0 Å². The summed E-state index contributed by atoms with van der Waals surface area (Å²) >= 11 is 35.4. The lowest BCUT2D eigenvalue weighted by atomic mass is 9.44. The Balaban J connectivity index is 1.61. The van der Waals surface area contributed by atoms with Gasteiger partial charge in [-0.3, -0.25) is 9.59 Å². The van der Waals surface area contributed by atoms with Crippen LogP contribution in [-0.2, 0) is 57.0 Å². The van der Waals surface area contributed by atoms with Crippen molar-refractivity contribution in [3.8, 4) is 0 Å². The molecular weight excluding hydrogens is 1100 g/mol. The lowest BCUT2D eigenvalue weighted by Gasteiger charge is -2.67. The van der Waals surface area contributed by atoms with Gasteiger partial charge in [0.15, 0.2) is 23.6 Å². The van der Waals surface area contributed by atoms with Gasteiger partial charge in [-0.25, -0.2) is 24.0 Å². The highest BCUT2D eigenvalue weighted by Crippen LogP contribution is 2.65. The van der Waals surface area contributed by atoms with Crippen LogP contribution in [0, 0.1) is 16.7 Å². The molecule has 25 heteroatoms. The van der Waals surface area contributed by atoms with Gasteiger partial charge in [0.2, 0.25) is 7.59 Å². The molecule has 1 aliphatic heterocycles. The number of carbonyl (C=O) groups excluding carboxylic acids is 7. The molecule has 0 radical (unpaired) electrons. The first-order valence-electron chi connectivity index (χ1n) is 22.9. The fraction of sp³-hybridized carbons (Fsp3) is 0.571. The summed E-state index contributed by atoms with van der Waals surface area (Å²) in [6.45, 7) is 9.11. The normalized spacial score (nSPS) is 29.2. The van der Waals surface area contributed by atoms with Crippen LogP contribution in [0.2, 0.25) is 0 Å². The number of amides is 1. The number of hydrogen-bond acceptors (Lipinski definition) is 18. The lowest BCUT2D eigenvalue weighted by molar-refractivity contribution is -0.346. The van der Waals surface area contributed by atoms with Crippen molar-refractivity contribution in [1.82, 2.24) is 5.32 Å². The predicted molar refractivity (Wildman–Crippen MR) is 265 cm³/mol. The number of ketones is 1. The van der Waals surface area contributed by atoms with Crippen molar-refractivity contribution in [2.45, 2.75) is 135 Å². The quantitative estimate of drug-likeness (QED) is 0.0781. The van der Waals surface area contributed by atoms with Gasteiger partial charge in [-0.15, -0.1) is 0 Å². The highest BCUT2D eigenvalue weighted by atomic mass is 35.6. The van der Waals surface area contributed by atoms with E-state index in [-0.39, 0.29) is 22.3 Å². The van der Waals surface area contributed by atoms with Crippen molar-refractivity contribution >= 4 is 112 Å². The molecular formula is C49H55Cl6NO18. The minimum atomic E-state index is -2.66. The van der Waals surface area contributed by atoms with Crippen LogP contribution in [0.1, 0.15) is 90.2 Å². The van der Waals surface area contributed by atoms with Crippen molar-refractivity contribution in [2.75, 3.05) is 19.8 Å². The van der Waals surface area contributed by atoms with Gasteiger partial charge in [0, 0.05) is 25.2 Å². The van der Waals surface area contributed by atoms with Crippen LogP contribution in [0.3, 0.4) is 0 Å². The molecule has 2 aromatic rings. The van der Waals surface area contributed by atoms with E-state index in [4.69, 9.17) is 112 Å². The SMILES string of the molecule is CC(=O)O[C@@]12COC1C[C@H](OC(=O)OCC(Cl)(Cl)Cl)[C@@]1(C)C(=O)[C@H](OC(=O)OCC(Cl)(Cl)Cl)C3=C(C)C(OC(=O)C(O)[C@@H](NC(=O)OC(C)(C)C)c4ccccc4)C[C@@](O)([C@@H](OC(=O)c4ccccc4)C21)C3(C)C. The minimum absolute atomic E-state index is 0.0470. The molecule has 1 heterocycles. The van der Waals surface area contributed by atoms with E-state index >= 15 is 4.79 Å². The average Bonchev–Trinajstić information content (AvgIpc) is 3.29. The number of nitrogens with one attached hydrogen (secondary N) is 1. The molecule has 0 aromatic heterocycles. The molecule has 0 spiro atoms.